The maximum absolute atomic E-state index is 9.90. The van der Waals surface area contributed by atoms with Crippen LogP contribution in [-0.4, -0.2) is 26.1 Å². The average Bonchev–Trinajstić information content (AvgIpc) is 2.69. The molecule has 0 spiro atoms. The molecule has 1 saturated carbocycles. The van der Waals surface area contributed by atoms with Crippen LogP contribution in [0, 0.1) is 11.8 Å². The molecule has 2 nitrogen and oxygen atoms in total. The Balaban J connectivity index is 1.89. The molecule has 0 aliphatic heterocycles. The molecule has 2 aromatic rings. The number of rotatable bonds is 6. The monoisotopic (exact) mass is 396 g/mol. The lowest BCUT2D eigenvalue weighted by molar-refractivity contribution is 0.0773. The fraction of sp³-hybridized carbons (Fsp3) is 0.520. The van der Waals surface area contributed by atoms with E-state index >= 15 is 0 Å². The second kappa shape index (κ2) is 8.94. The van der Waals surface area contributed by atoms with Crippen molar-refractivity contribution in [3.8, 4) is 0 Å². The van der Waals surface area contributed by atoms with Crippen LogP contribution in [0.15, 0.2) is 60.7 Å². The first-order valence-corrected chi connectivity index (χ1v) is 12.7. The average molecular weight is 397 g/mol. The molecule has 0 saturated heterocycles. The zero-order valence-corrected chi connectivity index (χ0v) is 18.9. The molecule has 3 heteroatoms. The van der Waals surface area contributed by atoms with Crippen molar-refractivity contribution in [1.29, 1.82) is 0 Å². The summed E-state index contributed by atoms with van der Waals surface area (Å²) in [5.41, 5.74) is 0. The van der Waals surface area contributed by atoms with Gasteiger partial charge in [-0.2, -0.15) is 0 Å². The fourth-order valence-corrected chi connectivity index (χ4v) is 9.48. The number of benzene rings is 2. The normalized spacial score (nSPS) is 22.0. The first-order chi connectivity index (χ1) is 13.3. The molecule has 1 aliphatic rings. The largest absolute Gasteiger partial charge is 0.407 e. The maximum Gasteiger partial charge on any atom is 0.261 e. The van der Waals surface area contributed by atoms with Crippen LogP contribution in [0.2, 0.25) is 5.04 Å². The summed E-state index contributed by atoms with van der Waals surface area (Å²) >= 11 is 0. The van der Waals surface area contributed by atoms with E-state index in [4.69, 9.17) is 4.43 Å². The van der Waals surface area contributed by atoms with Crippen LogP contribution in [0.4, 0.5) is 0 Å². The van der Waals surface area contributed by atoms with E-state index in [1.807, 2.05) is 6.92 Å². The third kappa shape index (κ3) is 4.42. The van der Waals surface area contributed by atoms with E-state index in [2.05, 4.69) is 81.4 Å². The highest BCUT2D eigenvalue weighted by molar-refractivity contribution is 6.99. The van der Waals surface area contributed by atoms with Gasteiger partial charge < -0.3 is 9.53 Å². The van der Waals surface area contributed by atoms with Gasteiger partial charge >= 0.3 is 0 Å². The highest BCUT2D eigenvalue weighted by Crippen LogP contribution is 2.38. The Hall–Kier alpha value is -1.42. The minimum Gasteiger partial charge on any atom is -0.407 e. The first-order valence-electron chi connectivity index (χ1n) is 10.8. The highest BCUT2D eigenvalue weighted by atomic mass is 28.4. The molecule has 0 bridgehead atoms. The van der Waals surface area contributed by atoms with Crippen molar-refractivity contribution in [1.82, 2.24) is 0 Å². The van der Waals surface area contributed by atoms with E-state index in [0.29, 0.717) is 11.8 Å². The summed E-state index contributed by atoms with van der Waals surface area (Å²) < 4.78 is 7.08. The Morgan fingerprint density at radius 1 is 0.893 bits per heavy atom. The van der Waals surface area contributed by atoms with Gasteiger partial charge in [0.15, 0.2) is 0 Å². The quantitative estimate of drug-likeness (QED) is 0.714. The lowest BCUT2D eigenvalue weighted by atomic mass is 9.80. The number of aliphatic hydroxyl groups is 1. The molecule has 1 atom stereocenters. The first kappa shape index (κ1) is 21.3. The van der Waals surface area contributed by atoms with Crippen LogP contribution in [0.3, 0.4) is 0 Å². The molecule has 3 rings (SSSR count). The fourth-order valence-electron chi connectivity index (χ4n) is 4.84. The van der Waals surface area contributed by atoms with Gasteiger partial charge in [0.2, 0.25) is 0 Å². The third-order valence-corrected chi connectivity index (χ3v) is 11.5. The molecule has 1 fully saturated rings. The van der Waals surface area contributed by atoms with Gasteiger partial charge in [-0.15, -0.1) is 0 Å². The van der Waals surface area contributed by atoms with Gasteiger partial charge in [-0.3, -0.25) is 0 Å². The lowest BCUT2D eigenvalue weighted by Crippen LogP contribution is -2.67. The molecule has 152 valence electrons. The van der Waals surface area contributed by atoms with Gasteiger partial charge in [-0.1, -0.05) is 81.4 Å². The van der Waals surface area contributed by atoms with Gasteiger partial charge in [-0.05, 0) is 59.9 Å². The molecule has 2 aromatic carbocycles. The van der Waals surface area contributed by atoms with Crippen molar-refractivity contribution in [3.05, 3.63) is 60.7 Å². The molecule has 28 heavy (non-hydrogen) atoms. The summed E-state index contributed by atoms with van der Waals surface area (Å²) in [6.07, 6.45) is 4.37. The number of aliphatic hydroxyl groups excluding tert-OH is 1. The summed E-state index contributed by atoms with van der Waals surface area (Å²) in [6.45, 7) is 9.76. The van der Waals surface area contributed by atoms with Crippen molar-refractivity contribution in [2.45, 2.75) is 64.5 Å². The predicted molar refractivity (Wildman–Crippen MR) is 121 cm³/mol. The van der Waals surface area contributed by atoms with Gasteiger partial charge in [0.25, 0.3) is 8.32 Å². The molecule has 0 radical (unpaired) electrons. The Kier molecular flexibility index (Phi) is 6.80. The van der Waals surface area contributed by atoms with Crippen LogP contribution in [0.1, 0.15) is 53.4 Å². The Labute approximate surface area is 172 Å². The summed E-state index contributed by atoms with van der Waals surface area (Å²) in [4.78, 5) is 0. The maximum atomic E-state index is 9.90. The second-order valence-corrected chi connectivity index (χ2v) is 13.8. The van der Waals surface area contributed by atoms with Crippen molar-refractivity contribution >= 4 is 18.7 Å². The summed E-state index contributed by atoms with van der Waals surface area (Å²) in [6, 6.07) is 21.8. The standard InChI is InChI=1S/C25H36O2Si/c1-20(26)22-17-15-21(16-18-22)19-27-28(25(2,3)4,23-11-7-5-8-12-23)24-13-9-6-10-14-24/h5-14,20-22,26H,15-19H2,1-4H3. The molecule has 0 aromatic heterocycles. The molecule has 1 aliphatic carbocycles. The number of hydrogen-bond acceptors (Lipinski definition) is 2. The molecular weight excluding hydrogens is 360 g/mol. The Morgan fingerprint density at radius 2 is 1.36 bits per heavy atom. The van der Waals surface area contributed by atoms with Crippen molar-refractivity contribution < 1.29 is 9.53 Å². The smallest absolute Gasteiger partial charge is 0.261 e. The van der Waals surface area contributed by atoms with Gasteiger partial charge in [-0.25, -0.2) is 0 Å². The van der Waals surface area contributed by atoms with Gasteiger partial charge in [0, 0.05) is 6.61 Å². The zero-order chi connectivity index (χ0) is 20.2. The Morgan fingerprint density at radius 3 is 1.75 bits per heavy atom. The molecular formula is C25H36O2Si. The number of hydrogen-bond donors (Lipinski definition) is 1. The lowest BCUT2D eigenvalue weighted by Gasteiger charge is -2.44. The van der Waals surface area contributed by atoms with Crippen LogP contribution in [0.5, 0.6) is 0 Å². The Bertz CT molecular complexity index is 674. The van der Waals surface area contributed by atoms with Crippen LogP contribution >= 0.6 is 0 Å². The van der Waals surface area contributed by atoms with Crippen molar-refractivity contribution in [2.24, 2.45) is 11.8 Å². The molecule has 1 unspecified atom stereocenters. The van der Waals surface area contributed by atoms with E-state index < -0.39 is 8.32 Å². The van der Waals surface area contributed by atoms with E-state index in [1.165, 1.54) is 10.4 Å². The van der Waals surface area contributed by atoms with Crippen molar-refractivity contribution in [2.75, 3.05) is 6.61 Å². The van der Waals surface area contributed by atoms with E-state index in [0.717, 1.165) is 32.3 Å². The molecule has 0 heterocycles. The second-order valence-electron chi connectivity index (χ2n) is 9.50. The minimum atomic E-state index is -2.42. The van der Waals surface area contributed by atoms with Crippen LogP contribution < -0.4 is 10.4 Å². The summed E-state index contributed by atoms with van der Waals surface area (Å²) in [5.74, 6) is 1.06. The third-order valence-electron chi connectivity index (χ3n) is 6.53. The molecule has 1 N–H and O–H groups in total. The van der Waals surface area contributed by atoms with E-state index in [9.17, 15) is 5.11 Å². The van der Waals surface area contributed by atoms with E-state index in [1.54, 1.807) is 0 Å². The van der Waals surface area contributed by atoms with Gasteiger partial charge in [0.05, 0.1) is 6.10 Å². The van der Waals surface area contributed by atoms with Crippen molar-refractivity contribution in [3.63, 3.8) is 0 Å². The zero-order valence-electron chi connectivity index (χ0n) is 17.9. The topological polar surface area (TPSA) is 29.5 Å². The summed E-state index contributed by atoms with van der Waals surface area (Å²) in [5, 5.41) is 12.6. The predicted octanol–water partition coefficient (Wildman–Crippen LogP) is 4.75. The van der Waals surface area contributed by atoms with Crippen LogP contribution in [-0.2, 0) is 4.43 Å². The minimum absolute atomic E-state index is 0.0342. The van der Waals surface area contributed by atoms with E-state index in [-0.39, 0.29) is 11.1 Å². The van der Waals surface area contributed by atoms with Crippen LogP contribution in [0.25, 0.3) is 0 Å². The SMILES string of the molecule is CC(O)C1CCC(CO[Si](c2ccccc2)(c2ccccc2)C(C)(C)C)CC1. The van der Waals surface area contributed by atoms with Gasteiger partial charge in [0.1, 0.15) is 0 Å². The summed E-state index contributed by atoms with van der Waals surface area (Å²) in [7, 11) is -2.42. The molecule has 0 amide bonds. The highest BCUT2D eigenvalue weighted by Gasteiger charge is 2.50.